The van der Waals surface area contributed by atoms with Crippen LogP contribution in [0.3, 0.4) is 0 Å². The molecule has 0 aliphatic carbocycles. The fraction of sp³-hybridized carbons (Fsp3) is 0.143. The Kier molecular flexibility index (Phi) is 7.05. The highest BCUT2D eigenvalue weighted by Crippen LogP contribution is 2.23. The van der Waals surface area contributed by atoms with Crippen molar-refractivity contribution in [1.82, 2.24) is 9.13 Å². The molecular formula is C21H19N5O9S. The molecule has 0 saturated heterocycles. The number of nitrogens with one attached hydrogen (secondary N) is 1. The van der Waals surface area contributed by atoms with Crippen LogP contribution in [0.5, 0.6) is 0 Å². The molecule has 3 N–H and O–H groups in total. The maximum atomic E-state index is 12.7. The van der Waals surface area contributed by atoms with Gasteiger partial charge < -0.3 is 10.5 Å². The molecule has 0 fully saturated rings. The van der Waals surface area contributed by atoms with Crippen LogP contribution in [0.4, 0.5) is 17.2 Å². The second-order valence-electron chi connectivity index (χ2n) is 7.37. The molecule has 36 heavy (non-hydrogen) atoms. The number of ketones is 1. The zero-order valence-corrected chi connectivity index (χ0v) is 19.6. The second kappa shape index (κ2) is 9.83. The van der Waals surface area contributed by atoms with Crippen LogP contribution in [-0.4, -0.2) is 40.8 Å². The van der Waals surface area contributed by atoms with Crippen LogP contribution >= 0.6 is 0 Å². The van der Waals surface area contributed by atoms with E-state index in [0.717, 1.165) is 29.8 Å². The average molecular weight is 517 g/mol. The Labute approximate surface area is 202 Å². The van der Waals surface area contributed by atoms with Gasteiger partial charge in [0.1, 0.15) is 11.4 Å². The summed E-state index contributed by atoms with van der Waals surface area (Å²) in [7, 11) is -1.94. The lowest BCUT2D eigenvalue weighted by atomic mass is 10.2. The molecule has 0 bridgehead atoms. The third kappa shape index (κ3) is 5.00. The van der Waals surface area contributed by atoms with Gasteiger partial charge in [-0.05, 0) is 18.2 Å². The molecule has 0 unspecified atom stereocenters. The largest absolute Gasteiger partial charge is 0.454 e. The smallest absolute Gasteiger partial charge is 0.340 e. The van der Waals surface area contributed by atoms with E-state index in [1.54, 1.807) is 0 Å². The van der Waals surface area contributed by atoms with Crippen LogP contribution in [0.15, 0.2) is 63.0 Å². The number of esters is 1. The zero-order valence-electron chi connectivity index (χ0n) is 18.8. The van der Waals surface area contributed by atoms with E-state index in [1.807, 2.05) is 0 Å². The van der Waals surface area contributed by atoms with Gasteiger partial charge in [0.2, 0.25) is 5.78 Å². The number of hydrogen-bond donors (Lipinski definition) is 2. The summed E-state index contributed by atoms with van der Waals surface area (Å²) in [5.74, 6) is -2.50. The normalized spacial score (nSPS) is 11.1. The van der Waals surface area contributed by atoms with Gasteiger partial charge in [0.15, 0.2) is 6.61 Å². The molecule has 14 nitrogen and oxygen atoms in total. The van der Waals surface area contributed by atoms with Crippen LogP contribution in [0.25, 0.3) is 0 Å². The number of nitrogens with two attached hydrogens (primary N) is 1. The van der Waals surface area contributed by atoms with Gasteiger partial charge in [-0.3, -0.25) is 33.6 Å². The number of nitrogen functional groups attached to an aromatic ring is 1. The fourth-order valence-electron chi connectivity index (χ4n) is 3.12. The lowest BCUT2D eigenvalue weighted by Gasteiger charge is -2.13. The van der Waals surface area contributed by atoms with Gasteiger partial charge in [-0.25, -0.2) is 18.0 Å². The van der Waals surface area contributed by atoms with Gasteiger partial charge in [-0.1, -0.05) is 18.2 Å². The van der Waals surface area contributed by atoms with Crippen molar-refractivity contribution in [2.75, 3.05) is 17.1 Å². The van der Waals surface area contributed by atoms with Crippen molar-refractivity contribution >= 4 is 39.0 Å². The van der Waals surface area contributed by atoms with Gasteiger partial charge >= 0.3 is 11.7 Å². The molecule has 3 rings (SSSR count). The molecule has 1 heterocycles. The first-order valence-corrected chi connectivity index (χ1v) is 11.5. The molecule has 0 saturated carbocycles. The number of non-ortho nitro benzene ring substituents is 1. The number of hydrogen-bond acceptors (Lipinski definition) is 10. The molecule has 188 valence electrons. The van der Waals surface area contributed by atoms with Crippen molar-refractivity contribution in [1.29, 1.82) is 0 Å². The molecule has 15 heteroatoms. The molecule has 0 atom stereocenters. The number of anilines is 2. The number of nitro groups is 1. The quantitative estimate of drug-likeness (QED) is 0.182. The number of benzene rings is 2. The highest BCUT2D eigenvalue weighted by atomic mass is 32.2. The Bertz CT molecular complexity index is 1620. The first kappa shape index (κ1) is 25.8. The van der Waals surface area contributed by atoms with Crippen molar-refractivity contribution in [3.05, 3.63) is 90.6 Å². The van der Waals surface area contributed by atoms with Crippen molar-refractivity contribution in [3.63, 3.8) is 0 Å². The maximum absolute atomic E-state index is 12.7. The van der Waals surface area contributed by atoms with Crippen LogP contribution in [0.2, 0.25) is 0 Å². The number of carbonyl (C=O) groups is 2. The van der Waals surface area contributed by atoms with Gasteiger partial charge in [0, 0.05) is 26.2 Å². The summed E-state index contributed by atoms with van der Waals surface area (Å²) in [6.45, 7) is -0.928. The number of aromatic nitrogens is 2. The topological polar surface area (TPSA) is 203 Å². The van der Waals surface area contributed by atoms with E-state index in [4.69, 9.17) is 10.5 Å². The Balaban J connectivity index is 1.84. The lowest BCUT2D eigenvalue weighted by molar-refractivity contribution is -0.385. The standard InChI is InChI=1S/C21H19N5O9S/c1-24-18(22)17(19(28)25(2)21(24)30)16(27)11-35-20(29)14-8-3-4-9-15(14)23-36(33,34)13-7-5-6-12(10-13)26(31)32/h3-10,23H,11,22H2,1-2H3. The summed E-state index contributed by atoms with van der Waals surface area (Å²) in [5.41, 5.74) is 2.49. The molecule has 0 radical (unpaired) electrons. The van der Waals surface area contributed by atoms with Gasteiger partial charge in [0.25, 0.3) is 21.3 Å². The minimum Gasteiger partial charge on any atom is -0.454 e. The number of para-hydroxylation sites is 1. The third-order valence-electron chi connectivity index (χ3n) is 5.05. The van der Waals surface area contributed by atoms with E-state index in [-0.39, 0.29) is 11.3 Å². The van der Waals surface area contributed by atoms with Gasteiger partial charge in [-0.15, -0.1) is 0 Å². The van der Waals surface area contributed by atoms with Crippen molar-refractivity contribution in [3.8, 4) is 0 Å². The van der Waals surface area contributed by atoms with Crippen LogP contribution in [0, 0.1) is 10.1 Å². The van der Waals surface area contributed by atoms with E-state index in [1.165, 1.54) is 37.4 Å². The number of ether oxygens (including phenoxy) is 1. The Hall–Kier alpha value is -4.79. The predicted molar refractivity (Wildman–Crippen MR) is 126 cm³/mol. The lowest BCUT2D eigenvalue weighted by Crippen LogP contribution is -2.42. The summed E-state index contributed by atoms with van der Waals surface area (Å²) in [4.78, 5) is 59.2. The van der Waals surface area contributed by atoms with Crippen molar-refractivity contribution < 1.29 is 27.7 Å². The minimum atomic E-state index is -4.35. The number of nitrogens with zero attached hydrogens (tertiary/aromatic N) is 3. The van der Waals surface area contributed by atoms with E-state index in [2.05, 4.69) is 4.72 Å². The average Bonchev–Trinajstić information content (AvgIpc) is 2.85. The van der Waals surface area contributed by atoms with Gasteiger partial charge in [0.05, 0.1) is 21.1 Å². The summed E-state index contributed by atoms with van der Waals surface area (Å²) >= 11 is 0. The van der Waals surface area contributed by atoms with Crippen molar-refractivity contribution in [2.24, 2.45) is 14.1 Å². The van der Waals surface area contributed by atoms with Crippen LogP contribution in [-0.2, 0) is 28.9 Å². The number of Topliss-reactive ketones (excluding diaryl/α,β-unsaturated/α-hetero) is 1. The molecule has 3 aromatic rings. The first-order valence-electron chi connectivity index (χ1n) is 9.97. The fourth-order valence-corrected chi connectivity index (χ4v) is 4.24. The number of nitro benzene ring substituents is 1. The van der Waals surface area contributed by atoms with Crippen molar-refractivity contribution in [2.45, 2.75) is 4.90 Å². The summed E-state index contributed by atoms with van der Waals surface area (Å²) in [6.07, 6.45) is 0. The Morgan fingerprint density at radius 3 is 2.42 bits per heavy atom. The number of carbonyl (C=O) groups excluding carboxylic acids is 2. The molecule has 0 aliphatic heterocycles. The molecule has 2 aromatic carbocycles. The summed E-state index contributed by atoms with van der Waals surface area (Å²) in [6, 6.07) is 9.57. The molecule has 1 aromatic heterocycles. The van der Waals surface area contributed by atoms with Crippen LogP contribution in [0.1, 0.15) is 20.7 Å². The number of sulfonamides is 1. The van der Waals surface area contributed by atoms with E-state index >= 15 is 0 Å². The Morgan fingerprint density at radius 1 is 1.08 bits per heavy atom. The van der Waals surface area contributed by atoms with Gasteiger partial charge in [-0.2, -0.15) is 0 Å². The third-order valence-corrected chi connectivity index (χ3v) is 6.42. The summed E-state index contributed by atoms with van der Waals surface area (Å²) in [5, 5.41) is 11.0. The number of rotatable bonds is 8. The molecule has 0 spiro atoms. The molecule has 0 aliphatic rings. The molecule has 0 amide bonds. The second-order valence-corrected chi connectivity index (χ2v) is 9.05. The Morgan fingerprint density at radius 2 is 1.75 bits per heavy atom. The van der Waals surface area contributed by atoms with E-state index in [0.29, 0.717) is 4.57 Å². The SMILES string of the molecule is Cn1c(N)c(C(=O)COC(=O)c2ccccc2NS(=O)(=O)c2cccc([N+](=O)[O-])c2)c(=O)n(C)c1=O. The molecular weight excluding hydrogens is 498 g/mol. The monoisotopic (exact) mass is 517 g/mol. The zero-order chi connectivity index (χ0) is 26.8. The highest BCUT2D eigenvalue weighted by Gasteiger charge is 2.24. The maximum Gasteiger partial charge on any atom is 0.340 e. The summed E-state index contributed by atoms with van der Waals surface area (Å²) < 4.78 is 34.2. The highest BCUT2D eigenvalue weighted by molar-refractivity contribution is 7.92. The van der Waals surface area contributed by atoms with E-state index < -0.39 is 66.5 Å². The van der Waals surface area contributed by atoms with E-state index in [9.17, 15) is 37.7 Å². The minimum absolute atomic E-state index is 0.223. The predicted octanol–water partition coefficient (Wildman–Crippen LogP) is 0.415. The van der Waals surface area contributed by atoms with Crippen LogP contribution < -0.4 is 21.7 Å². The first-order chi connectivity index (χ1) is 16.8.